The highest BCUT2D eigenvalue weighted by Crippen LogP contribution is 2.14. The topological polar surface area (TPSA) is 63.5 Å². The van der Waals surface area contributed by atoms with E-state index in [4.69, 9.17) is 0 Å². The predicted octanol–water partition coefficient (Wildman–Crippen LogP) is 2.88. The second-order valence-corrected chi connectivity index (χ2v) is 5.91. The lowest BCUT2D eigenvalue weighted by atomic mass is 10.1. The molecule has 112 valence electrons. The number of rotatable bonds is 4. The van der Waals surface area contributed by atoms with Crippen LogP contribution in [-0.4, -0.2) is 15.2 Å². The predicted molar refractivity (Wildman–Crippen MR) is 87.8 cm³/mol. The van der Waals surface area contributed by atoms with Crippen molar-refractivity contribution in [2.45, 2.75) is 20.4 Å². The molecule has 2 aromatic heterocycles. The number of aryl methyl sites for hydroxylation is 1. The van der Waals surface area contributed by atoms with Gasteiger partial charge in [0, 0.05) is 28.4 Å². The summed E-state index contributed by atoms with van der Waals surface area (Å²) in [5.74, 6) is 0.0236. The van der Waals surface area contributed by atoms with Crippen molar-refractivity contribution in [1.82, 2.24) is 9.38 Å². The quantitative estimate of drug-likeness (QED) is 0.752. The van der Waals surface area contributed by atoms with Gasteiger partial charge in [0.1, 0.15) is 0 Å². The molecule has 0 spiro atoms. The van der Waals surface area contributed by atoms with Gasteiger partial charge in [-0.2, -0.15) is 0 Å². The van der Waals surface area contributed by atoms with Gasteiger partial charge in [-0.3, -0.25) is 14.0 Å². The molecule has 0 aliphatic heterocycles. The number of carbonyl (C=O) groups excluding carboxylic acids is 1. The van der Waals surface area contributed by atoms with Crippen LogP contribution in [0, 0.1) is 6.92 Å². The average molecular weight is 313 g/mol. The second kappa shape index (κ2) is 5.73. The molecule has 2 heterocycles. The Morgan fingerprint density at radius 1 is 1.36 bits per heavy atom. The molecule has 0 aliphatic carbocycles. The van der Waals surface area contributed by atoms with Crippen LogP contribution in [0.2, 0.25) is 0 Å². The van der Waals surface area contributed by atoms with Gasteiger partial charge >= 0.3 is 0 Å². The van der Waals surface area contributed by atoms with Gasteiger partial charge in [-0.25, -0.2) is 4.98 Å². The molecular weight excluding hydrogens is 298 g/mol. The van der Waals surface area contributed by atoms with Gasteiger partial charge in [0.15, 0.2) is 10.7 Å². The number of carbonyl (C=O) groups is 1. The van der Waals surface area contributed by atoms with E-state index in [0.29, 0.717) is 22.8 Å². The molecule has 0 fully saturated rings. The monoisotopic (exact) mass is 313 g/mol. The lowest BCUT2D eigenvalue weighted by Gasteiger charge is -2.07. The van der Waals surface area contributed by atoms with E-state index in [1.807, 2.05) is 24.4 Å². The van der Waals surface area contributed by atoms with Crippen molar-refractivity contribution in [2.75, 3.05) is 5.32 Å². The molecule has 0 radical (unpaired) electrons. The van der Waals surface area contributed by atoms with Gasteiger partial charge in [-0.1, -0.05) is 12.1 Å². The van der Waals surface area contributed by atoms with Crippen molar-refractivity contribution >= 4 is 27.8 Å². The Kier molecular flexibility index (Phi) is 3.77. The van der Waals surface area contributed by atoms with Gasteiger partial charge < -0.3 is 5.32 Å². The number of hydrogen-bond donors (Lipinski definition) is 1. The second-order valence-electron chi connectivity index (χ2n) is 5.07. The highest BCUT2D eigenvalue weighted by atomic mass is 32.1. The van der Waals surface area contributed by atoms with Crippen LogP contribution in [0.3, 0.4) is 0 Å². The Morgan fingerprint density at radius 2 is 2.18 bits per heavy atom. The molecule has 0 saturated heterocycles. The number of nitrogens with zero attached hydrogens (tertiary/aromatic N) is 2. The highest BCUT2D eigenvalue weighted by molar-refractivity contribution is 7.15. The van der Waals surface area contributed by atoms with Crippen molar-refractivity contribution in [3.05, 3.63) is 63.0 Å². The molecule has 0 amide bonds. The van der Waals surface area contributed by atoms with Crippen LogP contribution in [0.1, 0.15) is 28.7 Å². The summed E-state index contributed by atoms with van der Waals surface area (Å²) in [5.41, 5.74) is 2.99. The number of aromatic nitrogens is 2. The van der Waals surface area contributed by atoms with Crippen LogP contribution < -0.4 is 10.9 Å². The summed E-state index contributed by atoms with van der Waals surface area (Å²) in [6.07, 6.45) is 0. The lowest BCUT2D eigenvalue weighted by molar-refractivity contribution is 0.101. The minimum absolute atomic E-state index is 0.0236. The Hall–Kier alpha value is -2.47. The molecular formula is C16H15N3O2S. The first-order valence-electron chi connectivity index (χ1n) is 6.86. The molecule has 6 heteroatoms. The van der Waals surface area contributed by atoms with Crippen molar-refractivity contribution in [3.8, 4) is 0 Å². The summed E-state index contributed by atoms with van der Waals surface area (Å²) in [6.45, 7) is 3.86. The van der Waals surface area contributed by atoms with Crippen LogP contribution in [0.25, 0.3) is 4.96 Å². The molecule has 5 nitrogen and oxygen atoms in total. The Morgan fingerprint density at radius 3 is 2.95 bits per heavy atom. The fourth-order valence-corrected chi connectivity index (χ4v) is 3.12. The van der Waals surface area contributed by atoms with Crippen molar-refractivity contribution in [3.63, 3.8) is 0 Å². The van der Waals surface area contributed by atoms with E-state index in [-0.39, 0.29) is 11.3 Å². The maximum Gasteiger partial charge on any atom is 0.259 e. The third-order valence-corrected chi connectivity index (χ3v) is 4.31. The van der Waals surface area contributed by atoms with Crippen LogP contribution in [0.5, 0.6) is 0 Å². The van der Waals surface area contributed by atoms with Crippen LogP contribution >= 0.6 is 11.3 Å². The van der Waals surface area contributed by atoms with Gasteiger partial charge in [-0.15, -0.1) is 11.3 Å². The summed E-state index contributed by atoms with van der Waals surface area (Å²) in [7, 11) is 0. The third kappa shape index (κ3) is 2.78. The van der Waals surface area contributed by atoms with E-state index in [1.54, 1.807) is 16.5 Å². The number of ketones is 1. The lowest BCUT2D eigenvalue weighted by Crippen LogP contribution is -2.16. The Bertz CT molecular complexity index is 911. The first kappa shape index (κ1) is 14.5. The molecule has 22 heavy (non-hydrogen) atoms. The summed E-state index contributed by atoms with van der Waals surface area (Å²) in [5, 5.41) is 5.11. The third-order valence-electron chi connectivity index (χ3n) is 3.37. The van der Waals surface area contributed by atoms with Crippen molar-refractivity contribution < 1.29 is 4.79 Å². The molecule has 3 rings (SSSR count). The van der Waals surface area contributed by atoms with E-state index in [2.05, 4.69) is 10.3 Å². The normalized spacial score (nSPS) is 10.8. The van der Waals surface area contributed by atoms with Gasteiger partial charge in [-0.05, 0) is 26.0 Å². The first-order chi connectivity index (χ1) is 10.5. The largest absolute Gasteiger partial charge is 0.379 e. The smallest absolute Gasteiger partial charge is 0.259 e. The molecule has 0 atom stereocenters. The van der Waals surface area contributed by atoms with Crippen LogP contribution in [-0.2, 0) is 6.54 Å². The maximum atomic E-state index is 12.1. The molecule has 0 bridgehead atoms. The SMILES string of the molecule is CC(=O)c1cccc(NCc2cc(=O)n3c(C)csc3n2)c1. The highest BCUT2D eigenvalue weighted by Gasteiger charge is 2.06. The number of fused-ring (bicyclic) bond motifs is 1. The van der Waals surface area contributed by atoms with E-state index in [1.165, 1.54) is 24.3 Å². The molecule has 0 saturated carbocycles. The van der Waals surface area contributed by atoms with Crippen LogP contribution in [0.15, 0.2) is 40.5 Å². The van der Waals surface area contributed by atoms with Crippen molar-refractivity contribution in [1.29, 1.82) is 0 Å². The number of hydrogen-bond acceptors (Lipinski definition) is 5. The zero-order valence-corrected chi connectivity index (χ0v) is 13.1. The number of thiazole rings is 1. The molecule has 0 aliphatic rings. The first-order valence-corrected chi connectivity index (χ1v) is 7.74. The minimum atomic E-state index is -0.0713. The number of benzene rings is 1. The average Bonchev–Trinajstić information content (AvgIpc) is 2.87. The van der Waals surface area contributed by atoms with Gasteiger partial charge in [0.25, 0.3) is 5.56 Å². The summed E-state index contributed by atoms with van der Waals surface area (Å²) in [4.78, 5) is 28.7. The standard InChI is InChI=1S/C16H15N3O2S/c1-10-9-22-16-18-14(7-15(21)19(10)16)8-17-13-5-3-4-12(6-13)11(2)20/h3-7,9,17H,8H2,1-2H3. The number of nitrogens with one attached hydrogen (secondary N) is 1. The fourth-order valence-electron chi connectivity index (χ4n) is 2.23. The number of anilines is 1. The summed E-state index contributed by atoms with van der Waals surface area (Å²) < 4.78 is 1.60. The minimum Gasteiger partial charge on any atom is -0.379 e. The summed E-state index contributed by atoms with van der Waals surface area (Å²) >= 11 is 1.45. The fraction of sp³-hybridized carbons (Fsp3) is 0.188. The van der Waals surface area contributed by atoms with E-state index >= 15 is 0 Å². The zero-order chi connectivity index (χ0) is 15.7. The number of Topliss-reactive ketones (excluding diaryl/α,β-unsaturated/α-hetero) is 1. The Labute approximate surface area is 131 Å². The Balaban J connectivity index is 1.83. The molecule has 3 aromatic rings. The zero-order valence-electron chi connectivity index (χ0n) is 12.3. The van der Waals surface area contributed by atoms with Gasteiger partial charge in [0.05, 0.1) is 12.2 Å². The molecule has 0 unspecified atom stereocenters. The summed E-state index contributed by atoms with van der Waals surface area (Å²) in [6, 6.07) is 8.82. The van der Waals surface area contributed by atoms with E-state index in [9.17, 15) is 9.59 Å². The van der Waals surface area contributed by atoms with Crippen LogP contribution in [0.4, 0.5) is 5.69 Å². The van der Waals surface area contributed by atoms with Gasteiger partial charge in [0.2, 0.25) is 0 Å². The van der Waals surface area contributed by atoms with E-state index < -0.39 is 0 Å². The van der Waals surface area contributed by atoms with E-state index in [0.717, 1.165) is 11.4 Å². The molecule has 1 aromatic carbocycles. The van der Waals surface area contributed by atoms with Crippen molar-refractivity contribution in [2.24, 2.45) is 0 Å². The maximum absolute atomic E-state index is 12.1. The molecule has 1 N–H and O–H groups in total.